The van der Waals surface area contributed by atoms with Crippen LogP contribution in [0.1, 0.15) is 17.5 Å². The van der Waals surface area contributed by atoms with Crippen molar-refractivity contribution in [2.45, 2.75) is 25.3 Å². The van der Waals surface area contributed by atoms with Crippen molar-refractivity contribution in [2.75, 3.05) is 13.6 Å². The van der Waals surface area contributed by atoms with Gasteiger partial charge in [0.25, 0.3) is 5.91 Å². The van der Waals surface area contributed by atoms with Gasteiger partial charge in [-0.25, -0.2) is 0 Å². The molecule has 0 unspecified atom stereocenters. The van der Waals surface area contributed by atoms with E-state index in [9.17, 15) is 18.4 Å². The van der Waals surface area contributed by atoms with E-state index < -0.39 is 17.9 Å². The second-order valence-corrected chi connectivity index (χ2v) is 5.04. The van der Waals surface area contributed by atoms with E-state index >= 15 is 0 Å². The Morgan fingerprint density at radius 2 is 2.05 bits per heavy atom. The number of carbonyl (C=O) groups is 2. The number of aryl methyl sites for hydroxylation is 1. The minimum absolute atomic E-state index is 0.0616. The lowest BCUT2D eigenvalue weighted by molar-refractivity contribution is -0.147. The number of rotatable bonds is 3. The number of benzene rings is 1. The summed E-state index contributed by atoms with van der Waals surface area (Å²) >= 11 is 0. The van der Waals surface area contributed by atoms with Crippen LogP contribution >= 0.6 is 0 Å². The van der Waals surface area contributed by atoms with Gasteiger partial charge < -0.3 is 10.2 Å². The van der Waals surface area contributed by atoms with Gasteiger partial charge in [-0.05, 0) is 12.5 Å². The van der Waals surface area contributed by atoms with Crippen LogP contribution in [0.3, 0.4) is 0 Å². The number of likely N-dealkylation sites (N-methyl/N-ethyl adjacent to an activating group) is 1. The number of nitrogens with one attached hydrogen (secondary N) is 1. The Hall–Kier alpha value is -1.98. The van der Waals surface area contributed by atoms with Crippen molar-refractivity contribution in [1.29, 1.82) is 0 Å². The van der Waals surface area contributed by atoms with Crippen LogP contribution in [-0.2, 0) is 15.5 Å². The topological polar surface area (TPSA) is 49.4 Å². The number of amides is 2. The Bertz CT molecular complexity index is 546. The Balaban J connectivity index is 2.12. The van der Waals surface area contributed by atoms with Crippen molar-refractivity contribution in [3.63, 3.8) is 0 Å². The molecule has 4 nitrogen and oxygen atoms in total. The van der Waals surface area contributed by atoms with Gasteiger partial charge in [-0.15, -0.1) is 0 Å². The summed E-state index contributed by atoms with van der Waals surface area (Å²) in [6.45, 7) is 1.79. The zero-order valence-electron chi connectivity index (χ0n) is 11.3. The van der Waals surface area contributed by atoms with E-state index in [2.05, 4.69) is 5.32 Å². The van der Waals surface area contributed by atoms with Gasteiger partial charge in [0.1, 0.15) is 0 Å². The lowest BCUT2D eigenvalue weighted by atomic mass is 10.0. The summed E-state index contributed by atoms with van der Waals surface area (Å²) in [4.78, 5) is 24.5. The number of halogens is 2. The molecule has 1 atom stereocenters. The van der Waals surface area contributed by atoms with Crippen LogP contribution in [-0.4, -0.2) is 36.3 Å². The van der Waals surface area contributed by atoms with Crippen molar-refractivity contribution >= 4 is 11.8 Å². The molecule has 0 bridgehead atoms. The van der Waals surface area contributed by atoms with E-state index in [1.165, 1.54) is 30.0 Å². The molecular formula is C14H16F2N2O2. The highest BCUT2D eigenvalue weighted by Gasteiger charge is 2.43. The summed E-state index contributed by atoms with van der Waals surface area (Å²) in [5.74, 6) is -5.12. The normalized spacial score (nSPS) is 19.3. The van der Waals surface area contributed by atoms with Crippen LogP contribution in [0.4, 0.5) is 8.78 Å². The van der Waals surface area contributed by atoms with E-state index in [1.54, 1.807) is 13.1 Å². The maximum absolute atomic E-state index is 14.1. The highest BCUT2D eigenvalue weighted by molar-refractivity contribution is 5.87. The van der Waals surface area contributed by atoms with E-state index in [4.69, 9.17) is 0 Å². The van der Waals surface area contributed by atoms with E-state index in [0.717, 1.165) is 0 Å². The lowest BCUT2D eigenvalue weighted by Gasteiger charge is -2.20. The van der Waals surface area contributed by atoms with Crippen LogP contribution < -0.4 is 5.32 Å². The molecule has 0 aromatic heterocycles. The van der Waals surface area contributed by atoms with Crippen LogP contribution in [0, 0.1) is 6.92 Å². The van der Waals surface area contributed by atoms with Crippen molar-refractivity contribution in [3.8, 4) is 0 Å². The molecular weight excluding hydrogens is 266 g/mol. The number of nitrogens with zero attached hydrogens (tertiary/aromatic N) is 1. The fourth-order valence-corrected chi connectivity index (χ4v) is 2.28. The predicted octanol–water partition coefficient (Wildman–Crippen LogP) is 1.43. The molecule has 1 N–H and O–H groups in total. The Kier molecular flexibility index (Phi) is 3.74. The number of hydrogen-bond acceptors (Lipinski definition) is 2. The Morgan fingerprint density at radius 3 is 2.60 bits per heavy atom. The third-order valence-corrected chi connectivity index (χ3v) is 3.44. The highest BCUT2D eigenvalue weighted by atomic mass is 19.3. The summed E-state index contributed by atoms with van der Waals surface area (Å²) < 4.78 is 28.3. The third-order valence-electron chi connectivity index (χ3n) is 3.44. The monoisotopic (exact) mass is 282 g/mol. The summed E-state index contributed by atoms with van der Waals surface area (Å²) in [7, 11) is 1.58. The van der Waals surface area contributed by atoms with Crippen LogP contribution in [0.15, 0.2) is 24.3 Å². The van der Waals surface area contributed by atoms with Crippen molar-refractivity contribution in [2.24, 2.45) is 0 Å². The molecule has 0 saturated carbocycles. The first-order valence-electron chi connectivity index (χ1n) is 6.31. The summed E-state index contributed by atoms with van der Waals surface area (Å²) in [6.07, 6.45) is 0.0616. The molecule has 2 rings (SSSR count). The van der Waals surface area contributed by atoms with Crippen molar-refractivity contribution in [3.05, 3.63) is 35.4 Å². The van der Waals surface area contributed by atoms with Crippen LogP contribution in [0.5, 0.6) is 0 Å². The molecule has 2 amide bonds. The second-order valence-electron chi connectivity index (χ2n) is 5.04. The SMILES string of the molecule is Cc1ccccc1C(F)(F)C(=O)N[C@H]1CC(=O)N(C)C1. The quantitative estimate of drug-likeness (QED) is 0.912. The van der Waals surface area contributed by atoms with Crippen LogP contribution in [0.25, 0.3) is 0 Å². The van der Waals surface area contributed by atoms with Gasteiger partial charge in [-0.2, -0.15) is 8.78 Å². The number of alkyl halides is 2. The molecule has 0 radical (unpaired) electrons. The molecule has 1 aliphatic heterocycles. The molecule has 108 valence electrons. The fourth-order valence-electron chi connectivity index (χ4n) is 2.28. The Labute approximate surface area is 115 Å². The third kappa shape index (κ3) is 2.64. The molecule has 1 aromatic carbocycles. The molecule has 1 aliphatic rings. The molecule has 0 aliphatic carbocycles. The largest absolute Gasteiger partial charge is 0.350 e. The van der Waals surface area contributed by atoms with E-state index in [1.807, 2.05) is 0 Å². The highest BCUT2D eigenvalue weighted by Crippen LogP contribution is 2.31. The molecule has 6 heteroatoms. The standard InChI is InChI=1S/C14H16F2N2O2/c1-9-5-3-4-6-11(9)14(15,16)13(20)17-10-7-12(19)18(2)8-10/h3-6,10H,7-8H2,1-2H3,(H,17,20)/t10-/m0/s1. The van der Waals surface area contributed by atoms with Crippen molar-refractivity contribution < 1.29 is 18.4 Å². The zero-order chi connectivity index (χ0) is 14.9. The van der Waals surface area contributed by atoms with Gasteiger partial charge in [0.2, 0.25) is 5.91 Å². The summed E-state index contributed by atoms with van der Waals surface area (Å²) in [6, 6.07) is 5.31. The molecule has 1 aromatic rings. The van der Waals surface area contributed by atoms with E-state index in [0.29, 0.717) is 5.56 Å². The van der Waals surface area contributed by atoms with Crippen molar-refractivity contribution in [1.82, 2.24) is 10.2 Å². The number of likely N-dealkylation sites (tertiary alicyclic amines) is 1. The van der Waals surface area contributed by atoms with Gasteiger partial charge >= 0.3 is 5.92 Å². The summed E-state index contributed by atoms with van der Waals surface area (Å²) in [5, 5.41) is 2.25. The summed E-state index contributed by atoms with van der Waals surface area (Å²) in [5.41, 5.74) is 0.0439. The molecule has 0 spiro atoms. The first-order valence-corrected chi connectivity index (χ1v) is 6.31. The van der Waals surface area contributed by atoms with Gasteiger partial charge in [0, 0.05) is 25.6 Å². The molecule has 1 heterocycles. The maximum Gasteiger partial charge on any atom is 0.350 e. The van der Waals surface area contributed by atoms with Crippen LogP contribution in [0.2, 0.25) is 0 Å². The minimum Gasteiger partial charge on any atom is -0.346 e. The predicted molar refractivity (Wildman–Crippen MR) is 69.3 cm³/mol. The second kappa shape index (κ2) is 5.19. The van der Waals surface area contributed by atoms with E-state index in [-0.39, 0.29) is 24.4 Å². The number of carbonyl (C=O) groups excluding carboxylic acids is 2. The number of hydrogen-bond donors (Lipinski definition) is 1. The molecule has 1 saturated heterocycles. The maximum atomic E-state index is 14.1. The molecule has 20 heavy (non-hydrogen) atoms. The average Bonchev–Trinajstić information content (AvgIpc) is 2.68. The van der Waals surface area contributed by atoms with Gasteiger partial charge in [0.05, 0.1) is 6.04 Å². The minimum atomic E-state index is -3.60. The lowest BCUT2D eigenvalue weighted by Crippen LogP contribution is -2.45. The van der Waals surface area contributed by atoms with Gasteiger partial charge in [-0.3, -0.25) is 9.59 Å². The Morgan fingerprint density at radius 1 is 1.40 bits per heavy atom. The zero-order valence-corrected chi connectivity index (χ0v) is 11.3. The average molecular weight is 282 g/mol. The first-order chi connectivity index (χ1) is 9.32. The van der Waals surface area contributed by atoms with Gasteiger partial charge in [-0.1, -0.05) is 24.3 Å². The fraction of sp³-hybridized carbons (Fsp3) is 0.429. The van der Waals surface area contributed by atoms with Gasteiger partial charge in [0.15, 0.2) is 0 Å². The first kappa shape index (κ1) is 14.4. The smallest absolute Gasteiger partial charge is 0.346 e. The molecule has 1 fully saturated rings.